The Kier molecular flexibility index (Phi) is 6.86. The van der Waals surface area contributed by atoms with Crippen molar-refractivity contribution in [1.82, 2.24) is 9.55 Å². The largest absolute Gasteiger partial charge is 0.468 e. The fourth-order valence-electron chi connectivity index (χ4n) is 2.00. The SMILES string of the molecule is CCOC(=O)CSc1ncc(-c2ccc(Br)cc2)n1CC(=O)OC. The van der Waals surface area contributed by atoms with Crippen LogP contribution in [0.5, 0.6) is 0 Å². The highest BCUT2D eigenvalue weighted by atomic mass is 79.9. The highest BCUT2D eigenvalue weighted by Crippen LogP contribution is 2.27. The fourth-order valence-corrected chi connectivity index (χ4v) is 3.04. The second kappa shape index (κ2) is 8.89. The van der Waals surface area contributed by atoms with Crippen LogP contribution in [0.25, 0.3) is 11.3 Å². The van der Waals surface area contributed by atoms with E-state index >= 15 is 0 Å². The smallest absolute Gasteiger partial charge is 0.325 e. The van der Waals surface area contributed by atoms with Gasteiger partial charge in [-0.1, -0.05) is 39.8 Å². The van der Waals surface area contributed by atoms with Crippen LogP contribution in [-0.2, 0) is 25.6 Å². The monoisotopic (exact) mass is 412 g/mol. The van der Waals surface area contributed by atoms with Crippen LogP contribution in [0.4, 0.5) is 0 Å². The molecular formula is C16H17BrN2O4S. The molecule has 0 aliphatic heterocycles. The molecule has 8 heteroatoms. The Hall–Kier alpha value is -1.80. The lowest BCUT2D eigenvalue weighted by molar-refractivity contribution is -0.141. The molecule has 0 N–H and O–H groups in total. The third kappa shape index (κ3) is 4.85. The number of ether oxygens (including phenoxy) is 2. The zero-order valence-electron chi connectivity index (χ0n) is 13.3. The van der Waals surface area contributed by atoms with E-state index in [1.165, 1.54) is 18.9 Å². The molecule has 0 saturated heterocycles. The van der Waals surface area contributed by atoms with Gasteiger partial charge >= 0.3 is 11.9 Å². The van der Waals surface area contributed by atoms with Gasteiger partial charge in [0.15, 0.2) is 5.16 Å². The van der Waals surface area contributed by atoms with Crippen LogP contribution in [0, 0.1) is 0 Å². The van der Waals surface area contributed by atoms with Crippen LogP contribution in [-0.4, -0.2) is 41.0 Å². The minimum absolute atomic E-state index is 0.0209. The summed E-state index contributed by atoms with van der Waals surface area (Å²) < 4.78 is 12.4. The number of methoxy groups -OCH3 is 1. The van der Waals surface area contributed by atoms with Crippen LogP contribution in [0.1, 0.15) is 6.92 Å². The summed E-state index contributed by atoms with van der Waals surface area (Å²) in [4.78, 5) is 27.6. The molecule has 1 heterocycles. The van der Waals surface area contributed by atoms with E-state index in [0.717, 1.165) is 15.7 Å². The molecule has 0 unspecified atom stereocenters. The molecule has 0 fully saturated rings. The average molecular weight is 413 g/mol. The lowest BCUT2D eigenvalue weighted by Crippen LogP contribution is -2.14. The summed E-state index contributed by atoms with van der Waals surface area (Å²) in [6, 6.07) is 7.68. The van der Waals surface area contributed by atoms with E-state index < -0.39 is 0 Å². The summed E-state index contributed by atoms with van der Waals surface area (Å²) in [6.45, 7) is 2.11. The van der Waals surface area contributed by atoms with E-state index in [1.54, 1.807) is 17.7 Å². The molecule has 0 aliphatic rings. The molecular weight excluding hydrogens is 396 g/mol. The number of hydrogen-bond acceptors (Lipinski definition) is 6. The maximum absolute atomic E-state index is 11.7. The predicted octanol–water partition coefficient (Wildman–Crippen LogP) is 3.14. The van der Waals surface area contributed by atoms with Crippen molar-refractivity contribution in [3.8, 4) is 11.3 Å². The first-order chi connectivity index (χ1) is 11.5. The third-order valence-electron chi connectivity index (χ3n) is 3.10. The molecule has 128 valence electrons. The maximum atomic E-state index is 11.7. The molecule has 1 aromatic carbocycles. The number of aromatic nitrogens is 2. The van der Waals surface area contributed by atoms with Crippen molar-refractivity contribution in [1.29, 1.82) is 0 Å². The molecule has 0 spiro atoms. The molecule has 0 bridgehead atoms. The summed E-state index contributed by atoms with van der Waals surface area (Å²) >= 11 is 4.62. The topological polar surface area (TPSA) is 70.4 Å². The van der Waals surface area contributed by atoms with Gasteiger partial charge in [-0.3, -0.25) is 9.59 Å². The van der Waals surface area contributed by atoms with Crippen LogP contribution in [0.2, 0.25) is 0 Å². The van der Waals surface area contributed by atoms with Gasteiger partial charge in [-0.05, 0) is 24.6 Å². The Morgan fingerprint density at radius 1 is 1.25 bits per heavy atom. The Morgan fingerprint density at radius 2 is 1.96 bits per heavy atom. The van der Waals surface area contributed by atoms with E-state index in [4.69, 9.17) is 9.47 Å². The number of esters is 2. The number of nitrogens with zero attached hydrogens (tertiary/aromatic N) is 2. The van der Waals surface area contributed by atoms with Gasteiger partial charge in [0.25, 0.3) is 0 Å². The van der Waals surface area contributed by atoms with Gasteiger partial charge in [0.2, 0.25) is 0 Å². The van der Waals surface area contributed by atoms with Crippen molar-refractivity contribution in [3.63, 3.8) is 0 Å². The predicted molar refractivity (Wildman–Crippen MR) is 94.7 cm³/mol. The van der Waals surface area contributed by atoms with Crippen molar-refractivity contribution in [2.75, 3.05) is 19.5 Å². The molecule has 0 aliphatic carbocycles. The summed E-state index contributed by atoms with van der Waals surface area (Å²) in [6.07, 6.45) is 1.68. The standard InChI is InChI=1S/C16H17BrN2O4S/c1-3-23-15(21)10-24-16-18-8-13(19(16)9-14(20)22-2)11-4-6-12(17)7-5-11/h4-8H,3,9-10H2,1-2H3. The van der Waals surface area contributed by atoms with Crippen molar-refractivity contribution in [3.05, 3.63) is 34.9 Å². The van der Waals surface area contributed by atoms with Crippen molar-refractivity contribution in [2.45, 2.75) is 18.6 Å². The van der Waals surface area contributed by atoms with Crippen LogP contribution >= 0.6 is 27.7 Å². The number of thioether (sulfide) groups is 1. The lowest BCUT2D eigenvalue weighted by Gasteiger charge is -2.10. The van der Waals surface area contributed by atoms with Crippen LogP contribution in [0.3, 0.4) is 0 Å². The molecule has 24 heavy (non-hydrogen) atoms. The summed E-state index contributed by atoms with van der Waals surface area (Å²) in [7, 11) is 1.34. The molecule has 2 rings (SSSR count). The Balaban J connectivity index is 2.28. The van der Waals surface area contributed by atoms with Crippen LogP contribution < -0.4 is 0 Å². The Bertz CT molecular complexity index is 715. The number of benzene rings is 1. The molecule has 0 amide bonds. The van der Waals surface area contributed by atoms with Gasteiger partial charge in [0.05, 0.1) is 31.4 Å². The number of hydrogen-bond donors (Lipinski definition) is 0. The fraction of sp³-hybridized carbons (Fsp3) is 0.312. The number of halogens is 1. The normalized spacial score (nSPS) is 10.5. The van der Waals surface area contributed by atoms with E-state index in [0.29, 0.717) is 11.8 Å². The summed E-state index contributed by atoms with van der Waals surface area (Å²) in [5.41, 5.74) is 1.69. The first-order valence-electron chi connectivity index (χ1n) is 7.21. The first kappa shape index (κ1) is 18.5. The lowest BCUT2D eigenvalue weighted by atomic mass is 10.2. The number of carbonyl (C=O) groups is 2. The number of rotatable bonds is 7. The second-order valence-electron chi connectivity index (χ2n) is 4.69. The molecule has 6 nitrogen and oxygen atoms in total. The van der Waals surface area contributed by atoms with Gasteiger partial charge in [0.1, 0.15) is 6.54 Å². The number of carbonyl (C=O) groups excluding carboxylic acids is 2. The van der Waals surface area contributed by atoms with E-state index in [-0.39, 0.29) is 24.2 Å². The molecule has 0 radical (unpaired) electrons. The third-order valence-corrected chi connectivity index (χ3v) is 4.59. The summed E-state index contributed by atoms with van der Waals surface area (Å²) in [5, 5.41) is 0.561. The van der Waals surface area contributed by atoms with Crippen molar-refractivity contribution in [2.24, 2.45) is 0 Å². The molecule has 2 aromatic rings. The molecule has 0 saturated carbocycles. The van der Waals surface area contributed by atoms with Gasteiger partial charge < -0.3 is 14.0 Å². The van der Waals surface area contributed by atoms with Gasteiger partial charge in [-0.15, -0.1) is 0 Å². The van der Waals surface area contributed by atoms with Crippen molar-refractivity contribution < 1.29 is 19.1 Å². The highest BCUT2D eigenvalue weighted by Gasteiger charge is 2.17. The van der Waals surface area contributed by atoms with Gasteiger partial charge in [-0.2, -0.15) is 0 Å². The first-order valence-corrected chi connectivity index (χ1v) is 8.99. The Labute approximate surface area is 152 Å². The zero-order chi connectivity index (χ0) is 17.5. The molecule has 0 atom stereocenters. The number of imidazole rings is 1. The van der Waals surface area contributed by atoms with Gasteiger partial charge in [-0.25, -0.2) is 4.98 Å². The highest BCUT2D eigenvalue weighted by molar-refractivity contribution is 9.10. The second-order valence-corrected chi connectivity index (χ2v) is 6.55. The maximum Gasteiger partial charge on any atom is 0.325 e. The minimum atomic E-state index is -0.385. The van der Waals surface area contributed by atoms with Crippen LogP contribution in [0.15, 0.2) is 40.1 Å². The van der Waals surface area contributed by atoms with E-state index in [1.807, 2.05) is 24.3 Å². The van der Waals surface area contributed by atoms with E-state index in [9.17, 15) is 9.59 Å². The molecule has 1 aromatic heterocycles. The minimum Gasteiger partial charge on any atom is -0.468 e. The summed E-state index contributed by atoms with van der Waals surface area (Å²) in [5.74, 6) is -0.573. The van der Waals surface area contributed by atoms with Gasteiger partial charge in [0, 0.05) is 4.47 Å². The quantitative estimate of drug-likeness (QED) is 0.513. The zero-order valence-corrected chi connectivity index (χ0v) is 15.7. The van der Waals surface area contributed by atoms with Crippen molar-refractivity contribution >= 4 is 39.6 Å². The van der Waals surface area contributed by atoms with E-state index in [2.05, 4.69) is 20.9 Å². The average Bonchev–Trinajstić information content (AvgIpc) is 2.96. The Morgan fingerprint density at radius 3 is 2.58 bits per heavy atom.